The molecule has 1 N–H and O–H groups in total. The summed E-state index contributed by atoms with van der Waals surface area (Å²) in [5, 5.41) is 10.4. The fourth-order valence-electron chi connectivity index (χ4n) is 2.42. The Morgan fingerprint density at radius 1 is 0.826 bits per heavy atom. The minimum Gasteiger partial charge on any atom is -0.506 e. The summed E-state index contributed by atoms with van der Waals surface area (Å²) in [6.07, 6.45) is 0. The second-order valence-electron chi connectivity index (χ2n) is 5.06. The van der Waals surface area contributed by atoms with Crippen molar-refractivity contribution in [1.82, 2.24) is 9.97 Å². The first-order valence-electron chi connectivity index (χ1n) is 7.02. The molecular formula is C18H11ClN2O2. The minimum atomic E-state index is 0.0104. The molecule has 0 radical (unpaired) electrons. The van der Waals surface area contributed by atoms with Gasteiger partial charge < -0.3 is 9.84 Å². The number of phenolic OH excluding ortho intramolecular Hbond substituents is 1. The largest absolute Gasteiger partial charge is 0.506 e. The lowest BCUT2D eigenvalue weighted by atomic mass is 10.2. The number of rotatable bonds is 2. The first-order valence-corrected chi connectivity index (χ1v) is 7.40. The minimum absolute atomic E-state index is 0.0104. The molecule has 112 valence electrons. The molecule has 0 spiro atoms. The predicted molar refractivity (Wildman–Crippen MR) is 90.2 cm³/mol. The Morgan fingerprint density at radius 3 is 2.43 bits per heavy atom. The molecule has 0 aliphatic heterocycles. The molecule has 0 aliphatic rings. The third-order valence-electron chi connectivity index (χ3n) is 3.45. The molecule has 4 aromatic rings. The summed E-state index contributed by atoms with van der Waals surface area (Å²) in [7, 11) is 0. The van der Waals surface area contributed by atoms with Gasteiger partial charge in [-0.05, 0) is 30.3 Å². The molecule has 0 atom stereocenters. The molecule has 0 bridgehead atoms. The smallest absolute Gasteiger partial charge is 0.155 e. The van der Waals surface area contributed by atoms with Crippen LogP contribution in [-0.4, -0.2) is 15.1 Å². The number of aromatic nitrogens is 2. The highest BCUT2D eigenvalue weighted by Gasteiger charge is 2.11. The summed E-state index contributed by atoms with van der Waals surface area (Å²) in [6, 6.07) is 18.1. The number of nitrogens with zero attached hydrogens (tertiary/aromatic N) is 2. The Balaban J connectivity index is 1.93. The molecule has 0 unspecified atom stereocenters. The van der Waals surface area contributed by atoms with Crippen LogP contribution in [0.25, 0.3) is 22.1 Å². The SMILES string of the molecule is Oc1cc(Cl)cc2nc3c(Oc4ccccc4)cccc3nc12. The van der Waals surface area contributed by atoms with E-state index in [0.29, 0.717) is 32.8 Å². The van der Waals surface area contributed by atoms with Crippen LogP contribution in [-0.2, 0) is 0 Å². The van der Waals surface area contributed by atoms with Crippen molar-refractivity contribution in [2.24, 2.45) is 0 Å². The van der Waals surface area contributed by atoms with E-state index in [1.807, 2.05) is 48.5 Å². The van der Waals surface area contributed by atoms with Gasteiger partial charge in [-0.15, -0.1) is 0 Å². The van der Waals surface area contributed by atoms with Crippen LogP contribution < -0.4 is 4.74 Å². The lowest BCUT2D eigenvalue weighted by Crippen LogP contribution is -1.92. The van der Waals surface area contributed by atoms with Crippen LogP contribution in [0.2, 0.25) is 5.02 Å². The van der Waals surface area contributed by atoms with Crippen molar-refractivity contribution in [3.8, 4) is 17.2 Å². The van der Waals surface area contributed by atoms with Crippen molar-refractivity contribution >= 4 is 33.7 Å². The Labute approximate surface area is 137 Å². The van der Waals surface area contributed by atoms with Crippen LogP contribution >= 0.6 is 11.6 Å². The summed E-state index contributed by atoms with van der Waals surface area (Å²) in [5.41, 5.74) is 2.19. The van der Waals surface area contributed by atoms with E-state index in [0.717, 1.165) is 5.75 Å². The maximum absolute atomic E-state index is 10.00. The number of aromatic hydroxyl groups is 1. The van der Waals surface area contributed by atoms with E-state index in [-0.39, 0.29) is 5.75 Å². The van der Waals surface area contributed by atoms with Gasteiger partial charge in [-0.3, -0.25) is 0 Å². The molecule has 0 fully saturated rings. The van der Waals surface area contributed by atoms with Gasteiger partial charge in [0, 0.05) is 11.1 Å². The Hall–Kier alpha value is -2.85. The third-order valence-corrected chi connectivity index (χ3v) is 3.67. The van der Waals surface area contributed by atoms with E-state index in [2.05, 4.69) is 9.97 Å². The number of benzene rings is 3. The van der Waals surface area contributed by atoms with E-state index < -0.39 is 0 Å². The fourth-order valence-corrected chi connectivity index (χ4v) is 2.63. The van der Waals surface area contributed by atoms with Crippen LogP contribution in [0, 0.1) is 0 Å². The normalized spacial score (nSPS) is 11.0. The van der Waals surface area contributed by atoms with E-state index in [9.17, 15) is 5.11 Å². The maximum Gasteiger partial charge on any atom is 0.155 e. The number of hydrogen-bond acceptors (Lipinski definition) is 4. The molecule has 1 aromatic heterocycles. The van der Waals surface area contributed by atoms with Crippen LogP contribution in [0.3, 0.4) is 0 Å². The molecule has 4 nitrogen and oxygen atoms in total. The van der Waals surface area contributed by atoms with Crippen LogP contribution in [0.4, 0.5) is 0 Å². The van der Waals surface area contributed by atoms with E-state index in [4.69, 9.17) is 16.3 Å². The van der Waals surface area contributed by atoms with Gasteiger partial charge in [-0.2, -0.15) is 0 Å². The van der Waals surface area contributed by atoms with Gasteiger partial charge in [0.15, 0.2) is 5.75 Å². The monoisotopic (exact) mass is 322 g/mol. The van der Waals surface area contributed by atoms with E-state index >= 15 is 0 Å². The number of fused-ring (bicyclic) bond motifs is 2. The van der Waals surface area contributed by atoms with Gasteiger partial charge in [-0.1, -0.05) is 35.9 Å². The first kappa shape index (κ1) is 13.8. The fraction of sp³-hybridized carbons (Fsp3) is 0. The Morgan fingerprint density at radius 2 is 1.61 bits per heavy atom. The molecule has 0 saturated carbocycles. The predicted octanol–water partition coefficient (Wildman–Crippen LogP) is 4.93. The van der Waals surface area contributed by atoms with E-state index in [1.165, 1.54) is 6.07 Å². The summed E-state index contributed by atoms with van der Waals surface area (Å²) >= 11 is 5.99. The lowest BCUT2D eigenvalue weighted by molar-refractivity contribution is 0.480. The van der Waals surface area contributed by atoms with Crippen molar-refractivity contribution in [2.75, 3.05) is 0 Å². The van der Waals surface area contributed by atoms with Crippen LogP contribution in [0.5, 0.6) is 17.2 Å². The lowest BCUT2D eigenvalue weighted by Gasteiger charge is -2.09. The number of para-hydroxylation sites is 2. The first-order chi connectivity index (χ1) is 11.2. The summed E-state index contributed by atoms with van der Waals surface area (Å²) in [5.74, 6) is 1.33. The van der Waals surface area contributed by atoms with Crippen molar-refractivity contribution < 1.29 is 9.84 Å². The van der Waals surface area contributed by atoms with Gasteiger partial charge in [0.1, 0.15) is 22.5 Å². The van der Waals surface area contributed by atoms with Gasteiger partial charge in [0.2, 0.25) is 0 Å². The van der Waals surface area contributed by atoms with Crippen LogP contribution in [0.15, 0.2) is 60.7 Å². The van der Waals surface area contributed by atoms with Gasteiger partial charge in [0.05, 0.1) is 11.0 Å². The summed E-state index contributed by atoms with van der Waals surface area (Å²) < 4.78 is 5.90. The average molecular weight is 323 g/mol. The third kappa shape index (κ3) is 2.53. The number of phenols is 1. The molecule has 23 heavy (non-hydrogen) atoms. The van der Waals surface area contributed by atoms with Crippen molar-refractivity contribution in [1.29, 1.82) is 0 Å². The molecule has 0 amide bonds. The molecule has 1 heterocycles. The molecular weight excluding hydrogens is 312 g/mol. The highest BCUT2D eigenvalue weighted by molar-refractivity contribution is 6.31. The second-order valence-corrected chi connectivity index (χ2v) is 5.49. The van der Waals surface area contributed by atoms with E-state index in [1.54, 1.807) is 6.07 Å². The molecule has 0 saturated heterocycles. The second kappa shape index (κ2) is 5.41. The van der Waals surface area contributed by atoms with Gasteiger partial charge in [-0.25, -0.2) is 9.97 Å². The molecule has 5 heteroatoms. The topological polar surface area (TPSA) is 55.2 Å². The number of hydrogen-bond donors (Lipinski definition) is 1. The number of ether oxygens (including phenoxy) is 1. The highest BCUT2D eigenvalue weighted by atomic mass is 35.5. The zero-order valence-electron chi connectivity index (χ0n) is 11.9. The quantitative estimate of drug-likeness (QED) is 0.531. The average Bonchev–Trinajstić information content (AvgIpc) is 2.55. The Bertz CT molecular complexity index is 1020. The van der Waals surface area contributed by atoms with Gasteiger partial charge >= 0.3 is 0 Å². The van der Waals surface area contributed by atoms with Crippen molar-refractivity contribution in [2.45, 2.75) is 0 Å². The summed E-state index contributed by atoms with van der Waals surface area (Å²) in [6.45, 7) is 0. The van der Waals surface area contributed by atoms with Gasteiger partial charge in [0.25, 0.3) is 0 Å². The maximum atomic E-state index is 10.00. The van der Waals surface area contributed by atoms with Crippen molar-refractivity contribution in [3.05, 3.63) is 65.7 Å². The van der Waals surface area contributed by atoms with Crippen molar-refractivity contribution in [3.63, 3.8) is 0 Å². The zero-order valence-corrected chi connectivity index (χ0v) is 12.7. The van der Waals surface area contributed by atoms with Crippen LogP contribution in [0.1, 0.15) is 0 Å². The highest BCUT2D eigenvalue weighted by Crippen LogP contribution is 2.32. The molecule has 4 rings (SSSR count). The summed E-state index contributed by atoms with van der Waals surface area (Å²) in [4.78, 5) is 9.03. The molecule has 3 aromatic carbocycles. The zero-order chi connectivity index (χ0) is 15.8. The standard InChI is InChI=1S/C18H11ClN2O2/c19-11-9-14-17(15(22)10-11)20-13-7-4-8-16(18(13)21-14)23-12-5-2-1-3-6-12/h1-10,22H. The number of halogens is 1. The Kier molecular flexibility index (Phi) is 3.24. The molecule has 0 aliphatic carbocycles.